The third-order valence-electron chi connectivity index (χ3n) is 4.93. The molecule has 1 saturated carbocycles. The van der Waals surface area contributed by atoms with Gasteiger partial charge in [-0.1, -0.05) is 0 Å². The lowest BCUT2D eigenvalue weighted by Crippen LogP contribution is -2.46. The van der Waals surface area contributed by atoms with Crippen molar-refractivity contribution >= 4 is 17.2 Å². The number of ether oxygens (including phenoxy) is 1. The number of H-pyrrole nitrogens is 1. The molecule has 0 atom stereocenters. The van der Waals surface area contributed by atoms with Gasteiger partial charge in [-0.2, -0.15) is 5.10 Å². The topological polar surface area (TPSA) is 87.5 Å². The van der Waals surface area contributed by atoms with Crippen LogP contribution in [-0.2, 0) is 0 Å². The highest BCUT2D eigenvalue weighted by molar-refractivity contribution is 5.60. The number of hydrogen-bond acceptors (Lipinski definition) is 6. The molecule has 1 N–H and O–H groups in total. The van der Waals surface area contributed by atoms with Gasteiger partial charge in [0.2, 0.25) is 0 Å². The van der Waals surface area contributed by atoms with Gasteiger partial charge < -0.3 is 14.5 Å². The standard InChI is InChI=1S/C17H21N5O3/c1-25-16-10-13(4-5-15(16)22(23)24)20-6-8-21(9-7-20)17-11-14(18-19-17)12-2-3-12/h4-5,10-12H,2-3,6-9H2,1H3,(H,18,19). The Morgan fingerprint density at radius 1 is 1.20 bits per heavy atom. The predicted molar refractivity (Wildman–Crippen MR) is 94.6 cm³/mol. The highest BCUT2D eigenvalue weighted by Gasteiger charge is 2.27. The van der Waals surface area contributed by atoms with E-state index in [4.69, 9.17) is 4.74 Å². The zero-order valence-electron chi connectivity index (χ0n) is 14.1. The van der Waals surface area contributed by atoms with Crippen molar-refractivity contribution in [1.82, 2.24) is 10.2 Å². The van der Waals surface area contributed by atoms with Crippen molar-refractivity contribution in [3.63, 3.8) is 0 Å². The van der Waals surface area contributed by atoms with E-state index in [-0.39, 0.29) is 5.69 Å². The van der Waals surface area contributed by atoms with E-state index in [0.717, 1.165) is 37.7 Å². The van der Waals surface area contributed by atoms with Crippen molar-refractivity contribution in [3.8, 4) is 5.75 Å². The molecule has 4 rings (SSSR count). The molecule has 2 aromatic rings. The molecule has 1 aliphatic heterocycles. The van der Waals surface area contributed by atoms with Gasteiger partial charge in [-0.3, -0.25) is 15.2 Å². The van der Waals surface area contributed by atoms with Crippen LogP contribution in [0.5, 0.6) is 5.75 Å². The smallest absolute Gasteiger partial charge is 0.311 e. The molecule has 132 valence electrons. The van der Waals surface area contributed by atoms with Crippen LogP contribution in [0.2, 0.25) is 0 Å². The van der Waals surface area contributed by atoms with E-state index in [1.54, 1.807) is 12.1 Å². The van der Waals surface area contributed by atoms with E-state index in [0.29, 0.717) is 11.7 Å². The average Bonchev–Trinajstić information content (AvgIpc) is 3.38. The highest BCUT2D eigenvalue weighted by atomic mass is 16.6. The summed E-state index contributed by atoms with van der Waals surface area (Å²) >= 11 is 0. The molecule has 0 spiro atoms. The van der Waals surface area contributed by atoms with E-state index in [1.807, 2.05) is 0 Å². The lowest BCUT2D eigenvalue weighted by Gasteiger charge is -2.36. The van der Waals surface area contributed by atoms with Gasteiger partial charge in [0.1, 0.15) is 0 Å². The summed E-state index contributed by atoms with van der Waals surface area (Å²) in [4.78, 5) is 15.1. The maximum Gasteiger partial charge on any atom is 0.311 e. The number of aromatic amines is 1. The summed E-state index contributed by atoms with van der Waals surface area (Å²) in [5.41, 5.74) is 2.19. The number of piperazine rings is 1. The third kappa shape index (κ3) is 3.11. The van der Waals surface area contributed by atoms with Crippen molar-refractivity contribution in [2.75, 3.05) is 43.1 Å². The number of anilines is 2. The number of aromatic nitrogens is 2. The molecule has 0 amide bonds. The summed E-state index contributed by atoms with van der Waals surface area (Å²) in [7, 11) is 1.46. The maximum absolute atomic E-state index is 11.0. The molecule has 0 radical (unpaired) electrons. The monoisotopic (exact) mass is 343 g/mol. The van der Waals surface area contributed by atoms with Gasteiger partial charge in [-0.05, 0) is 18.9 Å². The highest BCUT2D eigenvalue weighted by Crippen LogP contribution is 2.40. The second-order valence-corrected chi connectivity index (χ2v) is 6.54. The molecule has 0 unspecified atom stereocenters. The van der Waals surface area contributed by atoms with Crippen LogP contribution < -0.4 is 14.5 Å². The first-order valence-electron chi connectivity index (χ1n) is 8.53. The summed E-state index contributed by atoms with van der Waals surface area (Å²) in [5, 5.41) is 18.6. The molecule has 1 aromatic carbocycles. The van der Waals surface area contributed by atoms with Crippen LogP contribution in [-0.4, -0.2) is 48.4 Å². The second-order valence-electron chi connectivity index (χ2n) is 6.54. The molecule has 25 heavy (non-hydrogen) atoms. The van der Waals surface area contributed by atoms with Gasteiger partial charge in [-0.15, -0.1) is 0 Å². The minimum absolute atomic E-state index is 0.00554. The van der Waals surface area contributed by atoms with Crippen LogP contribution in [0.3, 0.4) is 0 Å². The van der Waals surface area contributed by atoms with Crippen LogP contribution in [0.25, 0.3) is 0 Å². The molecular weight excluding hydrogens is 322 g/mol. The molecule has 2 aliphatic rings. The second kappa shape index (κ2) is 6.27. The lowest BCUT2D eigenvalue weighted by atomic mass is 10.2. The van der Waals surface area contributed by atoms with Gasteiger partial charge in [0.25, 0.3) is 0 Å². The fourth-order valence-corrected chi connectivity index (χ4v) is 3.30. The number of benzene rings is 1. The molecule has 8 heteroatoms. The Bertz CT molecular complexity index is 778. The summed E-state index contributed by atoms with van der Waals surface area (Å²) in [5.74, 6) is 1.99. The van der Waals surface area contributed by atoms with Gasteiger partial charge >= 0.3 is 5.69 Å². The van der Waals surface area contributed by atoms with Crippen molar-refractivity contribution in [2.45, 2.75) is 18.8 Å². The quantitative estimate of drug-likeness (QED) is 0.663. The molecule has 2 heterocycles. The molecule has 1 saturated heterocycles. The van der Waals surface area contributed by atoms with E-state index in [9.17, 15) is 10.1 Å². The van der Waals surface area contributed by atoms with Crippen molar-refractivity contribution in [3.05, 3.63) is 40.1 Å². The number of nitro groups is 1. The zero-order valence-corrected chi connectivity index (χ0v) is 14.1. The SMILES string of the molecule is COc1cc(N2CCN(c3cc(C4CC4)[nH]n3)CC2)ccc1[N+](=O)[O-]. The van der Waals surface area contributed by atoms with E-state index in [1.165, 1.54) is 31.7 Å². The lowest BCUT2D eigenvalue weighted by molar-refractivity contribution is -0.385. The number of nitrogens with zero attached hydrogens (tertiary/aromatic N) is 4. The van der Waals surface area contributed by atoms with E-state index >= 15 is 0 Å². The van der Waals surface area contributed by atoms with E-state index < -0.39 is 4.92 Å². The fraction of sp³-hybridized carbons (Fsp3) is 0.471. The number of nitrogens with one attached hydrogen (secondary N) is 1. The average molecular weight is 343 g/mol. The van der Waals surface area contributed by atoms with Crippen LogP contribution >= 0.6 is 0 Å². The van der Waals surface area contributed by atoms with Crippen molar-refractivity contribution < 1.29 is 9.66 Å². The number of hydrogen-bond donors (Lipinski definition) is 1. The Labute approximate surface area is 145 Å². The Morgan fingerprint density at radius 3 is 2.56 bits per heavy atom. The maximum atomic E-state index is 11.0. The molecule has 1 aromatic heterocycles. The zero-order chi connectivity index (χ0) is 17.4. The van der Waals surface area contributed by atoms with Gasteiger partial charge in [0.15, 0.2) is 11.6 Å². The number of nitro benzene ring substituents is 1. The van der Waals surface area contributed by atoms with E-state index in [2.05, 4.69) is 26.1 Å². The Hall–Kier alpha value is -2.77. The van der Waals surface area contributed by atoms with Crippen molar-refractivity contribution in [1.29, 1.82) is 0 Å². The minimum atomic E-state index is -0.421. The first kappa shape index (κ1) is 15.7. The Morgan fingerprint density at radius 2 is 1.92 bits per heavy atom. The van der Waals surface area contributed by atoms with Gasteiger partial charge in [0.05, 0.1) is 12.0 Å². The molecule has 0 bridgehead atoms. The molecule has 1 aliphatic carbocycles. The fourth-order valence-electron chi connectivity index (χ4n) is 3.30. The number of rotatable bonds is 5. The normalized spacial score (nSPS) is 17.6. The number of methoxy groups -OCH3 is 1. The van der Waals surface area contributed by atoms with Crippen LogP contribution in [0.4, 0.5) is 17.2 Å². The van der Waals surface area contributed by atoms with Gasteiger partial charge in [0, 0.05) is 61.7 Å². The van der Waals surface area contributed by atoms with Crippen LogP contribution in [0.15, 0.2) is 24.3 Å². The van der Waals surface area contributed by atoms with Crippen LogP contribution in [0, 0.1) is 10.1 Å². The summed E-state index contributed by atoms with van der Waals surface area (Å²) < 4.78 is 5.17. The summed E-state index contributed by atoms with van der Waals surface area (Å²) in [6.45, 7) is 3.42. The first-order chi connectivity index (χ1) is 12.2. The van der Waals surface area contributed by atoms with Crippen LogP contribution in [0.1, 0.15) is 24.5 Å². The predicted octanol–water partition coefficient (Wildman–Crippen LogP) is 2.53. The third-order valence-corrected chi connectivity index (χ3v) is 4.93. The molecule has 2 fully saturated rings. The Kier molecular flexibility index (Phi) is 3.95. The summed E-state index contributed by atoms with van der Waals surface area (Å²) in [6, 6.07) is 7.21. The molecular formula is C17H21N5O3. The van der Waals surface area contributed by atoms with Gasteiger partial charge in [-0.25, -0.2) is 0 Å². The summed E-state index contributed by atoms with van der Waals surface area (Å²) in [6.07, 6.45) is 2.52. The minimum Gasteiger partial charge on any atom is -0.490 e. The largest absolute Gasteiger partial charge is 0.490 e. The Balaban J connectivity index is 1.43. The molecule has 8 nitrogen and oxygen atoms in total. The van der Waals surface area contributed by atoms with Crippen molar-refractivity contribution in [2.24, 2.45) is 0 Å². The first-order valence-corrected chi connectivity index (χ1v) is 8.53.